The van der Waals surface area contributed by atoms with Crippen molar-refractivity contribution in [2.75, 3.05) is 5.32 Å². The van der Waals surface area contributed by atoms with Gasteiger partial charge in [0.15, 0.2) is 0 Å². The Kier molecular flexibility index (Phi) is 4.19. The fourth-order valence-corrected chi connectivity index (χ4v) is 2.96. The van der Waals surface area contributed by atoms with Crippen molar-refractivity contribution in [2.45, 2.75) is 20.3 Å². The van der Waals surface area contributed by atoms with Crippen LogP contribution in [0.15, 0.2) is 34.1 Å². The molecule has 0 saturated heterocycles. The van der Waals surface area contributed by atoms with E-state index in [2.05, 4.69) is 28.2 Å². The van der Waals surface area contributed by atoms with Gasteiger partial charge in [-0.15, -0.1) is 11.3 Å². The van der Waals surface area contributed by atoms with Gasteiger partial charge in [-0.05, 0) is 64.0 Å². The second kappa shape index (κ2) is 5.67. The van der Waals surface area contributed by atoms with Gasteiger partial charge in [-0.1, -0.05) is 13.0 Å². The Morgan fingerprint density at radius 3 is 2.89 bits per heavy atom. The zero-order valence-electron chi connectivity index (χ0n) is 10.3. The molecular weight excluding hydrogens is 310 g/mol. The lowest BCUT2D eigenvalue weighted by Gasteiger charge is -2.08. The summed E-state index contributed by atoms with van der Waals surface area (Å²) in [4.78, 5) is 13.0. The van der Waals surface area contributed by atoms with E-state index in [9.17, 15) is 4.79 Å². The molecule has 2 nitrogen and oxygen atoms in total. The number of anilines is 1. The number of amides is 1. The van der Waals surface area contributed by atoms with Crippen LogP contribution in [0, 0.1) is 6.92 Å². The molecule has 0 atom stereocenters. The van der Waals surface area contributed by atoms with Crippen molar-refractivity contribution in [1.82, 2.24) is 0 Å². The minimum atomic E-state index is -0.0341. The third-order valence-corrected chi connectivity index (χ3v) is 4.35. The second-order valence-corrected chi connectivity index (χ2v) is 5.84. The van der Waals surface area contributed by atoms with Crippen LogP contribution in [0.4, 0.5) is 5.69 Å². The maximum atomic E-state index is 12.2. The van der Waals surface area contributed by atoms with Crippen molar-refractivity contribution >= 4 is 38.9 Å². The monoisotopic (exact) mass is 323 g/mol. The average molecular weight is 324 g/mol. The van der Waals surface area contributed by atoms with E-state index in [4.69, 9.17) is 0 Å². The lowest BCUT2D eigenvalue weighted by molar-refractivity contribution is 0.102. The maximum Gasteiger partial charge on any atom is 0.266 e. The van der Waals surface area contributed by atoms with Gasteiger partial charge in [0.1, 0.15) is 0 Å². The highest BCUT2D eigenvalue weighted by molar-refractivity contribution is 9.10. The highest BCUT2D eigenvalue weighted by Crippen LogP contribution is 2.25. The van der Waals surface area contributed by atoms with E-state index in [1.807, 2.05) is 36.6 Å². The summed E-state index contributed by atoms with van der Waals surface area (Å²) in [5.74, 6) is -0.0341. The van der Waals surface area contributed by atoms with Crippen molar-refractivity contribution in [1.29, 1.82) is 0 Å². The number of hydrogen-bond acceptors (Lipinski definition) is 2. The SMILES string of the molecule is CCc1ccsc1C(=O)Nc1cc(C)ccc1Br. The van der Waals surface area contributed by atoms with Gasteiger partial charge < -0.3 is 5.32 Å². The Bertz CT molecular complexity index is 577. The minimum absolute atomic E-state index is 0.0341. The number of carbonyl (C=O) groups is 1. The van der Waals surface area contributed by atoms with Crippen LogP contribution in [0.1, 0.15) is 27.7 Å². The van der Waals surface area contributed by atoms with Crippen LogP contribution in [0.25, 0.3) is 0 Å². The lowest BCUT2D eigenvalue weighted by atomic mass is 10.2. The van der Waals surface area contributed by atoms with E-state index < -0.39 is 0 Å². The topological polar surface area (TPSA) is 29.1 Å². The second-order valence-electron chi connectivity index (χ2n) is 4.07. The summed E-state index contributed by atoms with van der Waals surface area (Å²) in [6, 6.07) is 7.91. The minimum Gasteiger partial charge on any atom is -0.320 e. The Labute approximate surface area is 119 Å². The molecule has 0 unspecified atom stereocenters. The normalized spacial score (nSPS) is 10.4. The third kappa shape index (κ3) is 2.82. The summed E-state index contributed by atoms with van der Waals surface area (Å²) in [5, 5.41) is 4.91. The molecule has 1 amide bonds. The first-order valence-electron chi connectivity index (χ1n) is 5.75. The first-order valence-corrected chi connectivity index (χ1v) is 7.43. The fourth-order valence-electron chi connectivity index (χ4n) is 1.73. The van der Waals surface area contributed by atoms with Gasteiger partial charge in [0, 0.05) is 4.47 Å². The fraction of sp³-hybridized carbons (Fsp3) is 0.214. The van der Waals surface area contributed by atoms with E-state index in [1.54, 1.807) is 0 Å². The summed E-state index contributed by atoms with van der Waals surface area (Å²) in [6.45, 7) is 4.06. The molecule has 0 fully saturated rings. The number of nitrogens with one attached hydrogen (secondary N) is 1. The number of hydrogen-bond donors (Lipinski definition) is 1. The molecule has 2 rings (SSSR count). The van der Waals surface area contributed by atoms with Crippen molar-refractivity contribution in [3.63, 3.8) is 0 Å². The molecule has 1 heterocycles. The summed E-state index contributed by atoms with van der Waals surface area (Å²) < 4.78 is 0.899. The Morgan fingerprint density at radius 1 is 1.39 bits per heavy atom. The van der Waals surface area contributed by atoms with Crippen molar-refractivity contribution < 1.29 is 4.79 Å². The first kappa shape index (κ1) is 13.3. The molecule has 1 aromatic carbocycles. The summed E-state index contributed by atoms with van der Waals surface area (Å²) >= 11 is 4.93. The molecule has 0 radical (unpaired) electrons. The van der Waals surface area contributed by atoms with E-state index in [1.165, 1.54) is 11.3 Å². The van der Waals surface area contributed by atoms with Crippen LogP contribution < -0.4 is 5.32 Å². The van der Waals surface area contributed by atoms with Crippen molar-refractivity contribution in [3.8, 4) is 0 Å². The third-order valence-electron chi connectivity index (χ3n) is 2.70. The molecule has 0 saturated carbocycles. The number of thiophene rings is 1. The van der Waals surface area contributed by atoms with E-state index >= 15 is 0 Å². The maximum absolute atomic E-state index is 12.2. The highest BCUT2D eigenvalue weighted by Gasteiger charge is 2.13. The molecular formula is C14H14BrNOS. The molecule has 0 bridgehead atoms. The first-order chi connectivity index (χ1) is 8.61. The molecule has 18 heavy (non-hydrogen) atoms. The average Bonchev–Trinajstić information content (AvgIpc) is 2.82. The Morgan fingerprint density at radius 2 is 2.17 bits per heavy atom. The zero-order chi connectivity index (χ0) is 13.1. The van der Waals surface area contributed by atoms with Crippen LogP contribution in [0.3, 0.4) is 0 Å². The van der Waals surface area contributed by atoms with Gasteiger partial charge in [0.05, 0.1) is 10.6 Å². The predicted molar refractivity (Wildman–Crippen MR) is 80.5 cm³/mol. The van der Waals surface area contributed by atoms with Gasteiger partial charge in [-0.3, -0.25) is 4.79 Å². The number of halogens is 1. The van der Waals surface area contributed by atoms with Crippen LogP contribution in [-0.2, 0) is 6.42 Å². The van der Waals surface area contributed by atoms with Crippen LogP contribution >= 0.6 is 27.3 Å². The quantitative estimate of drug-likeness (QED) is 0.876. The van der Waals surface area contributed by atoms with Crippen LogP contribution in [0.2, 0.25) is 0 Å². The Balaban J connectivity index is 2.24. The van der Waals surface area contributed by atoms with E-state index in [-0.39, 0.29) is 5.91 Å². The van der Waals surface area contributed by atoms with Gasteiger partial charge in [0.2, 0.25) is 0 Å². The van der Waals surface area contributed by atoms with Crippen molar-refractivity contribution in [3.05, 3.63) is 50.1 Å². The number of rotatable bonds is 3. The van der Waals surface area contributed by atoms with E-state index in [0.717, 1.165) is 32.6 Å². The molecule has 0 aliphatic carbocycles. The summed E-state index contributed by atoms with van der Waals surface area (Å²) in [7, 11) is 0. The zero-order valence-corrected chi connectivity index (χ0v) is 12.7. The number of aryl methyl sites for hydroxylation is 2. The summed E-state index contributed by atoms with van der Waals surface area (Å²) in [5.41, 5.74) is 3.03. The van der Waals surface area contributed by atoms with Gasteiger partial charge in [0.25, 0.3) is 5.91 Å². The number of benzene rings is 1. The molecule has 0 aliphatic heterocycles. The summed E-state index contributed by atoms with van der Waals surface area (Å²) in [6.07, 6.45) is 0.876. The molecule has 1 N–H and O–H groups in total. The van der Waals surface area contributed by atoms with Gasteiger partial charge in [-0.2, -0.15) is 0 Å². The molecule has 1 aromatic heterocycles. The van der Waals surface area contributed by atoms with Crippen LogP contribution in [0.5, 0.6) is 0 Å². The molecule has 4 heteroatoms. The largest absolute Gasteiger partial charge is 0.320 e. The molecule has 0 spiro atoms. The highest BCUT2D eigenvalue weighted by atomic mass is 79.9. The van der Waals surface area contributed by atoms with Crippen LogP contribution in [-0.4, -0.2) is 5.91 Å². The molecule has 0 aliphatic rings. The lowest BCUT2D eigenvalue weighted by Crippen LogP contribution is -2.12. The molecule has 2 aromatic rings. The standard InChI is InChI=1S/C14H14BrNOS/c1-3-10-6-7-18-13(10)14(17)16-12-8-9(2)4-5-11(12)15/h4-8H,3H2,1-2H3,(H,16,17). The molecule has 94 valence electrons. The number of carbonyl (C=O) groups excluding carboxylic acids is 1. The predicted octanol–water partition coefficient (Wildman–Crippen LogP) is 4.63. The van der Waals surface area contributed by atoms with Crippen molar-refractivity contribution in [2.24, 2.45) is 0 Å². The van der Waals surface area contributed by atoms with Gasteiger partial charge in [-0.25, -0.2) is 0 Å². The Hall–Kier alpha value is -1.13. The van der Waals surface area contributed by atoms with E-state index in [0.29, 0.717) is 0 Å². The van der Waals surface area contributed by atoms with Gasteiger partial charge >= 0.3 is 0 Å². The smallest absolute Gasteiger partial charge is 0.266 e.